The highest BCUT2D eigenvalue weighted by molar-refractivity contribution is 14.0. The van der Waals surface area contributed by atoms with E-state index in [9.17, 15) is 8.42 Å². The lowest BCUT2D eigenvalue weighted by Crippen LogP contribution is -2.45. The number of halogens is 1. The van der Waals surface area contributed by atoms with Gasteiger partial charge in [0.1, 0.15) is 0 Å². The summed E-state index contributed by atoms with van der Waals surface area (Å²) >= 11 is 0. The van der Waals surface area contributed by atoms with Crippen molar-refractivity contribution < 1.29 is 8.42 Å². The van der Waals surface area contributed by atoms with Crippen molar-refractivity contribution in [2.75, 3.05) is 32.4 Å². The minimum Gasteiger partial charge on any atom is -0.357 e. The molecule has 0 aromatic carbocycles. The number of sulfonamides is 1. The third-order valence-electron chi connectivity index (χ3n) is 5.60. The zero-order valence-electron chi connectivity index (χ0n) is 16.5. The van der Waals surface area contributed by atoms with Crippen molar-refractivity contribution in [3.8, 4) is 0 Å². The summed E-state index contributed by atoms with van der Waals surface area (Å²) in [6, 6.07) is 0.531. The molecular formula is C18H37IN4O2S. The van der Waals surface area contributed by atoms with Crippen LogP contribution in [0.4, 0.5) is 0 Å². The third kappa shape index (κ3) is 7.88. The number of aliphatic imine (C=N–C) groups is 1. The normalized spacial score (nSPS) is 26.2. The Labute approximate surface area is 177 Å². The molecule has 1 saturated carbocycles. The minimum atomic E-state index is -3.04. The van der Waals surface area contributed by atoms with Crippen LogP contribution in [0.25, 0.3) is 0 Å². The Balaban J connectivity index is 0.00000338. The standard InChI is InChI=1S/C18H36N4O2S.HI/c1-4-15-7-6-8-17(13-15)21-18(19-5-2)20-14-16-9-11-22(12-10-16)25(3,23)24;/h15-17H,4-14H2,1-3H3,(H2,19,20,21);1H. The first-order valence-electron chi connectivity index (χ1n) is 9.92. The van der Waals surface area contributed by atoms with Gasteiger partial charge in [-0.3, -0.25) is 4.99 Å². The maximum Gasteiger partial charge on any atom is 0.211 e. The van der Waals surface area contributed by atoms with E-state index < -0.39 is 10.0 Å². The lowest BCUT2D eigenvalue weighted by Gasteiger charge is -2.31. The van der Waals surface area contributed by atoms with Crippen LogP contribution in [0.5, 0.6) is 0 Å². The topological polar surface area (TPSA) is 73.8 Å². The molecule has 6 nitrogen and oxygen atoms in total. The van der Waals surface area contributed by atoms with Crippen LogP contribution in [0.15, 0.2) is 4.99 Å². The molecule has 2 rings (SSSR count). The second-order valence-corrected chi connectivity index (χ2v) is 9.59. The molecule has 1 aliphatic carbocycles. The number of piperidine rings is 1. The van der Waals surface area contributed by atoms with Crippen LogP contribution in [0, 0.1) is 11.8 Å². The van der Waals surface area contributed by atoms with Gasteiger partial charge < -0.3 is 10.6 Å². The zero-order valence-corrected chi connectivity index (χ0v) is 19.7. The van der Waals surface area contributed by atoms with Gasteiger partial charge in [-0.25, -0.2) is 12.7 Å². The van der Waals surface area contributed by atoms with E-state index in [0.29, 0.717) is 25.0 Å². The molecule has 2 fully saturated rings. The molecule has 26 heavy (non-hydrogen) atoms. The van der Waals surface area contributed by atoms with Gasteiger partial charge >= 0.3 is 0 Å². The van der Waals surface area contributed by atoms with Crippen LogP contribution in [0.2, 0.25) is 0 Å². The quantitative estimate of drug-likeness (QED) is 0.334. The van der Waals surface area contributed by atoms with Crippen molar-refractivity contribution in [1.82, 2.24) is 14.9 Å². The fourth-order valence-corrected chi connectivity index (χ4v) is 4.82. The smallest absolute Gasteiger partial charge is 0.211 e. The highest BCUT2D eigenvalue weighted by atomic mass is 127. The second-order valence-electron chi connectivity index (χ2n) is 7.61. The van der Waals surface area contributed by atoms with E-state index in [2.05, 4.69) is 24.5 Å². The molecule has 0 amide bonds. The Kier molecular flexibility index (Phi) is 10.8. The summed E-state index contributed by atoms with van der Waals surface area (Å²) in [6.07, 6.45) is 9.51. The third-order valence-corrected chi connectivity index (χ3v) is 6.90. The molecule has 1 aliphatic heterocycles. The van der Waals surface area contributed by atoms with E-state index in [-0.39, 0.29) is 24.0 Å². The van der Waals surface area contributed by atoms with E-state index in [4.69, 9.17) is 4.99 Å². The van der Waals surface area contributed by atoms with E-state index in [1.54, 1.807) is 4.31 Å². The molecule has 1 saturated heterocycles. The Morgan fingerprint density at radius 1 is 1.12 bits per heavy atom. The molecule has 0 radical (unpaired) electrons. The Hall–Kier alpha value is -0.0900. The van der Waals surface area contributed by atoms with Crippen molar-refractivity contribution in [2.45, 2.75) is 64.8 Å². The Morgan fingerprint density at radius 3 is 2.38 bits per heavy atom. The number of nitrogens with one attached hydrogen (secondary N) is 2. The molecule has 2 unspecified atom stereocenters. The van der Waals surface area contributed by atoms with Gasteiger partial charge in [0.2, 0.25) is 10.0 Å². The van der Waals surface area contributed by atoms with E-state index in [0.717, 1.165) is 37.8 Å². The Bertz CT molecular complexity index is 533. The lowest BCUT2D eigenvalue weighted by molar-refractivity contribution is 0.279. The summed E-state index contributed by atoms with van der Waals surface area (Å²) in [7, 11) is -3.04. The summed E-state index contributed by atoms with van der Waals surface area (Å²) in [5.74, 6) is 2.24. The highest BCUT2D eigenvalue weighted by Crippen LogP contribution is 2.26. The van der Waals surface area contributed by atoms with Gasteiger partial charge in [-0.2, -0.15) is 0 Å². The maximum atomic E-state index is 11.6. The fourth-order valence-electron chi connectivity index (χ4n) is 3.95. The largest absolute Gasteiger partial charge is 0.357 e. The molecule has 0 bridgehead atoms. The van der Waals surface area contributed by atoms with Crippen molar-refractivity contribution in [3.05, 3.63) is 0 Å². The Morgan fingerprint density at radius 2 is 1.81 bits per heavy atom. The molecule has 2 N–H and O–H groups in total. The first kappa shape index (κ1) is 23.9. The molecule has 154 valence electrons. The lowest BCUT2D eigenvalue weighted by atomic mass is 9.84. The molecule has 0 aromatic rings. The summed E-state index contributed by atoms with van der Waals surface area (Å²) in [4.78, 5) is 4.80. The van der Waals surface area contributed by atoms with Crippen LogP contribution in [-0.2, 0) is 10.0 Å². The molecule has 1 heterocycles. The van der Waals surface area contributed by atoms with Gasteiger partial charge in [-0.1, -0.05) is 26.2 Å². The zero-order chi connectivity index (χ0) is 18.3. The molecule has 0 spiro atoms. The van der Waals surface area contributed by atoms with E-state index in [1.807, 2.05) is 0 Å². The maximum absolute atomic E-state index is 11.6. The van der Waals surface area contributed by atoms with Gasteiger partial charge in [0.15, 0.2) is 5.96 Å². The number of hydrogen-bond donors (Lipinski definition) is 2. The summed E-state index contributed by atoms with van der Waals surface area (Å²) in [5.41, 5.74) is 0. The predicted octanol–water partition coefficient (Wildman–Crippen LogP) is 2.80. The van der Waals surface area contributed by atoms with Crippen molar-refractivity contribution in [1.29, 1.82) is 0 Å². The molecular weight excluding hydrogens is 463 g/mol. The summed E-state index contributed by atoms with van der Waals surface area (Å²) in [6.45, 7) is 7.28. The summed E-state index contributed by atoms with van der Waals surface area (Å²) in [5, 5.41) is 6.99. The highest BCUT2D eigenvalue weighted by Gasteiger charge is 2.25. The van der Waals surface area contributed by atoms with Crippen molar-refractivity contribution in [2.24, 2.45) is 16.8 Å². The minimum absolute atomic E-state index is 0. The van der Waals surface area contributed by atoms with Crippen LogP contribution in [-0.4, -0.2) is 57.2 Å². The number of rotatable bonds is 6. The van der Waals surface area contributed by atoms with Gasteiger partial charge in [0, 0.05) is 32.2 Å². The van der Waals surface area contributed by atoms with Gasteiger partial charge in [0.05, 0.1) is 6.26 Å². The molecule has 0 aromatic heterocycles. The van der Waals surface area contributed by atoms with Gasteiger partial charge in [-0.15, -0.1) is 24.0 Å². The SMILES string of the molecule is CCNC(=NCC1CCN(S(C)(=O)=O)CC1)NC1CCCC(CC)C1.I. The first-order chi connectivity index (χ1) is 11.9. The van der Waals surface area contributed by atoms with Gasteiger partial charge in [-0.05, 0) is 44.4 Å². The number of guanidine groups is 1. The molecule has 8 heteroatoms. The summed E-state index contributed by atoms with van der Waals surface area (Å²) < 4.78 is 24.8. The van der Waals surface area contributed by atoms with Crippen molar-refractivity contribution in [3.63, 3.8) is 0 Å². The second kappa shape index (κ2) is 11.7. The van der Waals surface area contributed by atoms with Crippen LogP contribution in [0.1, 0.15) is 58.8 Å². The number of hydrogen-bond acceptors (Lipinski definition) is 3. The van der Waals surface area contributed by atoms with E-state index >= 15 is 0 Å². The predicted molar refractivity (Wildman–Crippen MR) is 120 cm³/mol. The number of nitrogens with zero attached hydrogens (tertiary/aromatic N) is 2. The molecule has 2 aliphatic rings. The van der Waals surface area contributed by atoms with Gasteiger partial charge in [0.25, 0.3) is 0 Å². The van der Waals surface area contributed by atoms with E-state index in [1.165, 1.54) is 38.4 Å². The first-order valence-corrected chi connectivity index (χ1v) is 11.8. The van der Waals surface area contributed by atoms with Crippen LogP contribution >= 0.6 is 24.0 Å². The van der Waals surface area contributed by atoms with Crippen LogP contribution < -0.4 is 10.6 Å². The average Bonchev–Trinajstić information content (AvgIpc) is 2.59. The molecule has 2 atom stereocenters. The fraction of sp³-hybridized carbons (Fsp3) is 0.944. The van der Waals surface area contributed by atoms with Crippen molar-refractivity contribution >= 4 is 40.0 Å². The van der Waals surface area contributed by atoms with Crippen LogP contribution in [0.3, 0.4) is 0 Å². The monoisotopic (exact) mass is 500 g/mol. The average molecular weight is 500 g/mol.